The molecule has 0 aliphatic rings. The van der Waals surface area contributed by atoms with E-state index in [-0.39, 0.29) is 6.61 Å². The number of halogens is 1. The number of aryl methyl sites for hydroxylation is 2. The van der Waals surface area contributed by atoms with Crippen LogP contribution in [0.25, 0.3) is 11.5 Å². The summed E-state index contributed by atoms with van der Waals surface area (Å²) >= 11 is 5.96. The molecule has 22 heavy (non-hydrogen) atoms. The average Bonchev–Trinajstić information content (AvgIpc) is 2.97. The van der Waals surface area contributed by atoms with Gasteiger partial charge in [-0.05, 0) is 49.2 Å². The van der Waals surface area contributed by atoms with Crippen LogP contribution in [0.4, 0.5) is 0 Å². The first-order chi connectivity index (χ1) is 10.6. The van der Waals surface area contributed by atoms with Crippen molar-refractivity contribution in [2.24, 2.45) is 0 Å². The van der Waals surface area contributed by atoms with E-state index in [9.17, 15) is 0 Å². The normalized spacial score (nSPS) is 10.7. The molecule has 1 heterocycles. The van der Waals surface area contributed by atoms with Crippen LogP contribution in [0, 0.1) is 13.8 Å². The Morgan fingerprint density at radius 3 is 2.77 bits per heavy atom. The van der Waals surface area contributed by atoms with Gasteiger partial charge in [0.15, 0.2) is 6.61 Å². The third-order valence-corrected chi connectivity index (χ3v) is 3.47. The Hall–Kier alpha value is -2.33. The first-order valence-electron chi connectivity index (χ1n) is 6.90. The minimum atomic E-state index is 0.234. The zero-order valence-electron chi connectivity index (χ0n) is 12.3. The summed E-state index contributed by atoms with van der Waals surface area (Å²) in [6.45, 7) is 4.26. The first kappa shape index (κ1) is 14.6. The lowest BCUT2D eigenvalue weighted by Crippen LogP contribution is -1.97. The maximum Gasteiger partial charge on any atom is 0.254 e. The number of ether oxygens (including phenoxy) is 1. The molecule has 1 aromatic heterocycles. The molecule has 0 unspecified atom stereocenters. The fourth-order valence-corrected chi connectivity index (χ4v) is 2.24. The quantitative estimate of drug-likeness (QED) is 0.707. The third-order valence-electron chi connectivity index (χ3n) is 3.23. The molecule has 0 aliphatic heterocycles. The summed E-state index contributed by atoms with van der Waals surface area (Å²) in [5.41, 5.74) is 3.00. The van der Waals surface area contributed by atoms with E-state index in [1.54, 1.807) is 12.1 Å². The van der Waals surface area contributed by atoms with E-state index in [1.165, 1.54) is 0 Å². The summed E-state index contributed by atoms with van der Waals surface area (Å²) < 4.78 is 11.4. The van der Waals surface area contributed by atoms with Gasteiger partial charge in [0.25, 0.3) is 5.89 Å². The Balaban J connectivity index is 1.73. The van der Waals surface area contributed by atoms with Crippen LogP contribution in [-0.4, -0.2) is 10.2 Å². The third kappa shape index (κ3) is 3.28. The van der Waals surface area contributed by atoms with Crippen LogP contribution in [0.15, 0.2) is 46.9 Å². The summed E-state index contributed by atoms with van der Waals surface area (Å²) in [7, 11) is 0. The molecule has 4 nitrogen and oxygen atoms in total. The second-order valence-electron chi connectivity index (χ2n) is 5.07. The fourth-order valence-electron chi connectivity index (χ4n) is 2.05. The van der Waals surface area contributed by atoms with Crippen molar-refractivity contribution in [3.8, 4) is 17.2 Å². The van der Waals surface area contributed by atoms with Crippen LogP contribution in [0.1, 0.15) is 17.0 Å². The molecule has 0 atom stereocenters. The highest BCUT2D eigenvalue weighted by Crippen LogP contribution is 2.23. The van der Waals surface area contributed by atoms with Gasteiger partial charge >= 0.3 is 0 Å². The van der Waals surface area contributed by atoms with Crippen LogP contribution >= 0.6 is 11.6 Å². The summed E-state index contributed by atoms with van der Waals surface area (Å²) in [6, 6.07) is 13.4. The van der Waals surface area contributed by atoms with Gasteiger partial charge in [0.2, 0.25) is 5.89 Å². The van der Waals surface area contributed by atoms with Crippen LogP contribution in [0.3, 0.4) is 0 Å². The van der Waals surface area contributed by atoms with Crippen LogP contribution in [0.5, 0.6) is 5.75 Å². The van der Waals surface area contributed by atoms with Crippen molar-refractivity contribution in [3.63, 3.8) is 0 Å². The van der Waals surface area contributed by atoms with E-state index in [0.717, 1.165) is 22.4 Å². The van der Waals surface area contributed by atoms with Crippen molar-refractivity contribution in [2.75, 3.05) is 0 Å². The summed E-state index contributed by atoms with van der Waals surface area (Å²) in [5.74, 6) is 1.68. The van der Waals surface area contributed by atoms with Gasteiger partial charge in [-0.15, -0.1) is 10.2 Å². The molecule has 112 valence electrons. The lowest BCUT2D eigenvalue weighted by Gasteiger charge is -2.07. The van der Waals surface area contributed by atoms with Gasteiger partial charge in [-0.1, -0.05) is 29.8 Å². The second kappa shape index (κ2) is 6.20. The van der Waals surface area contributed by atoms with Gasteiger partial charge in [0.1, 0.15) is 5.75 Å². The predicted molar refractivity (Wildman–Crippen MR) is 85.0 cm³/mol. The first-order valence-corrected chi connectivity index (χ1v) is 7.28. The molecule has 0 aliphatic carbocycles. The summed E-state index contributed by atoms with van der Waals surface area (Å²) in [4.78, 5) is 0. The van der Waals surface area contributed by atoms with Crippen molar-refractivity contribution in [1.29, 1.82) is 0 Å². The highest BCUT2D eigenvalue weighted by atomic mass is 35.5. The van der Waals surface area contributed by atoms with Gasteiger partial charge < -0.3 is 9.15 Å². The lowest BCUT2D eigenvalue weighted by molar-refractivity contribution is 0.263. The molecule has 0 bridgehead atoms. The molecule has 5 heteroatoms. The van der Waals surface area contributed by atoms with Gasteiger partial charge in [-0.3, -0.25) is 0 Å². The maximum atomic E-state index is 5.96. The monoisotopic (exact) mass is 314 g/mol. The van der Waals surface area contributed by atoms with Crippen molar-refractivity contribution in [1.82, 2.24) is 10.2 Å². The SMILES string of the molecule is Cc1ccc(C)c(OCc2nnc(-c3cccc(Cl)c3)o2)c1. The molecule has 0 spiro atoms. The summed E-state index contributed by atoms with van der Waals surface area (Å²) in [6.07, 6.45) is 0. The molecule has 3 aromatic rings. The summed E-state index contributed by atoms with van der Waals surface area (Å²) in [5, 5.41) is 8.66. The Kier molecular flexibility index (Phi) is 4.11. The molecule has 2 aromatic carbocycles. The fraction of sp³-hybridized carbons (Fsp3) is 0.176. The second-order valence-corrected chi connectivity index (χ2v) is 5.51. The van der Waals surface area contributed by atoms with Gasteiger partial charge in [-0.25, -0.2) is 0 Å². The van der Waals surface area contributed by atoms with Gasteiger partial charge in [0.05, 0.1) is 0 Å². The Labute approximate surface area is 133 Å². The largest absolute Gasteiger partial charge is 0.484 e. The number of aromatic nitrogens is 2. The number of hydrogen-bond donors (Lipinski definition) is 0. The smallest absolute Gasteiger partial charge is 0.254 e. The minimum absolute atomic E-state index is 0.234. The molecular formula is C17H15ClN2O2. The average molecular weight is 315 g/mol. The van der Waals surface area contributed by atoms with E-state index in [2.05, 4.69) is 10.2 Å². The minimum Gasteiger partial charge on any atom is -0.484 e. The van der Waals surface area contributed by atoms with Gasteiger partial charge in [-0.2, -0.15) is 0 Å². The number of nitrogens with zero attached hydrogens (tertiary/aromatic N) is 2. The van der Waals surface area contributed by atoms with E-state index < -0.39 is 0 Å². The number of benzene rings is 2. The predicted octanol–water partition coefficient (Wildman–Crippen LogP) is 4.59. The number of hydrogen-bond acceptors (Lipinski definition) is 4. The maximum absolute atomic E-state index is 5.96. The molecule has 0 amide bonds. The van der Waals surface area contributed by atoms with Crippen molar-refractivity contribution < 1.29 is 9.15 Å². The van der Waals surface area contributed by atoms with Crippen molar-refractivity contribution in [3.05, 3.63) is 64.5 Å². The number of rotatable bonds is 4. The standard InChI is InChI=1S/C17H15ClN2O2/c1-11-6-7-12(2)15(8-11)21-10-16-19-20-17(22-16)13-4-3-5-14(18)9-13/h3-9H,10H2,1-2H3. The van der Waals surface area contributed by atoms with Crippen LogP contribution < -0.4 is 4.74 Å². The Morgan fingerprint density at radius 1 is 1.09 bits per heavy atom. The molecule has 0 saturated heterocycles. The molecule has 0 radical (unpaired) electrons. The van der Waals surface area contributed by atoms with E-state index in [4.69, 9.17) is 20.8 Å². The molecule has 3 rings (SSSR count). The zero-order chi connectivity index (χ0) is 15.5. The van der Waals surface area contributed by atoms with Crippen LogP contribution in [-0.2, 0) is 6.61 Å². The zero-order valence-corrected chi connectivity index (χ0v) is 13.1. The molecule has 0 saturated carbocycles. The van der Waals surface area contributed by atoms with E-state index >= 15 is 0 Å². The van der Waals surface area contributed by atoms with Crippen molar-refractivity contribution >= 4 is 11.6 Å². The lowest BCUT2D eigenvalue weighted by atomic mass is 10.1. The van der Waals surface area contributed by atoms with E-state index in [0.29, 0.717) is 16.8 Å². The Bertz CT molecular complexity index is 799. The van der Waals surface area contributed by atoms with Crippen LogP contribution in [0.2, 0.25) is 5.02 Å². The Morgan fingerprint density at radius 2 is 1.95 bits per heavy atom. The van der Waals surface area contributed by atoms with E-state index in [1.807, 2.05) is 44.2 Å². The molecule has 0 fully saturated rings. The highest BCUT2D eigenvalue weighted by molar-refractivity contribution is 6.30. The topological polar surface area (TPSA) is 48.2 Å². The highest BCUT2D eigenvalue weighted by Gasteiger charge is 2.10. The van der Waals surface area contributed by atoms with Gasteiger partial charge in [0, 0.05) is 10.6 Å². The molecule has 0 N–H and O–H groups in total. The van der Waals surface area contributed by atoms with Crippen molar-refractivity contribution in [2.45, 2.75) is 20.5 Å². The molecular weight excluding hydrogens is 300 g/mol.